The first-order valence-corrected chi connectivity index (χ1v) is 7.23. The molecule has 0 unspecified atom stereocenters. The van der Waals surface area contributed by atoms with Crippen LogP contribution in [0.2, 0.25) is 0 Å². The molecule has 23 heavy (non-hydrogen) atoms. The van der Waals surface area contributed by atoms with Crippen LogP contribution in [0.5, 0.6) is 17.2 Å². The van der Waals surface area contributed by atoms with Gasteiger partial charge in [0.25, 0.3) is 5.91 Å². The second kappa shape index (κ2) is 7.05. The second-order valence-corrected chi connectivity index (χ2v) is 5.29. The molecule has 1 amide bonds. The standard InChI is InChI=1S/C18H21NO4/c1-12-15(6-5-7-16(12)20)18(21)19(2)11-13-8-9-14(22-3)10-17(13)23-4/h5-10,20H,11H2,1-4H3. The van der Waals surface area contributed by atoms with E-state index in [0.29, 0.717) is 29.2 Å². The molecule has 0 saturated heterocycles. The van der Waals surface area contributed by atoms with Crippen LogP contribution >= 0.6 is 0 Å². The molecule has 1 N–H and O–H groups in total. The first-order valence-electron chi connectivity index (χ1n) is 7.23. The Kier molecular flexibility index (Phi) is 5.11. The van der Waals surface area contributed by atoms with Crippen LogP contribution in [0, 0.1) is 6.92 Å². The fourth-order valence-corrected chi connectivity index (χ4v) is 2.37. The Morgan fingerprint density at radius 3 is 2.57 bits per heavy atom. The third-order valence-electron chi connectivity index (χ3n) is 3.78. The minimum atomic E-state index is -0.156. The fourth-order valence-electron chi connectivity index (χ4n) is 2.37. The van der Waals surface area contributed by atoms with E-state index in [9.17, 15) is 9.90 Å². The molecule has 122 valence electrons. The van der Waals surface area contributed by atoms with E-state index >= 15 is 0 Å². The summed E-state index contributed by atoms with van der Waals surface area (Å²) in [6.07, 6.45) is 0. The summed E-state index contributed by atoms with van der Waals surface area (Å²) in [5.41, 5.74) is 1.94. The Balaban J connectivity index is 2.23. The van der Waals surface area contributed by atoms with Gasteiger partial charge in [0.1, 0.15) is 17.2 Å². The SMILES string of the molecule is COc1ccc(CN(C)C(=O)c2cccc(O)c2C)c(OC)c1. The Morgan fingerprint density at radius 1 is 1.17 bits per heavy atom. The summed E-state index contributed by atoms with van der Waals surface area (Å²) in [5.74, 6) is 1.32. The summed E-state index contributed by atoms with van der Waals surface area (Å²) in [6.45, 7) is 2.12. The van der Waals surface area contributed by atoms with E-state index in [1.807, 2.05) is 12.1 Å². The van der Waals surface area contributed by atoms with Crippen LogP contribution in [-0.2, 0) is 6.54 Å². The number of carbonyl (C=O) groups is 1. The number of hydrogen-bond acceptors (Lipinski definition) is 4. The van der Waals surface area contributed by atoms with E-state index < -0.39 is 0 Å². The molecule has 0 aliphatic heterocycles. The summed E-state index contributed by atoms with van der Waals surface area (Å²) < 4.78 is 10.5. The molecule has 0 aliphatic rings. The van der Waals surface area contributed by atoms with E-state index in [1.165, 1.54) is 0 Å². The van der Waals surface area contributed by atoms with Crippen LogP contribution in [0.3, 0.4) is 0 Å². The van der Waals surface area contributed by atoms with Crippen molar-refractivity contribution in [2.75, 3.05) is 21.3 Å². The Bertz CT molecular complexity index is 712. The van der Waals surface area contributed by atoms with Crippen molar-refractivity contribution in [3.63, 3.8) is 0 Å². The minimum Gasteiger partial charge on any atom is -0.508 e. The van der Waals surface area contributed by atoms with E-state index in [-0.39, 0.29) is 11.7 Å². The lowest BCUT2D eigenvalue weighted by molar-refractivity contribution is 0.0783. The number of aromatic hydroxyl groups is 1. The Hall–Kier alpha value is -2.69. The predicted molar refractivity (Wildman–Crippen MR) is 88.2 cm³/mol. The van der Waals surface area contributed by atoms with Gasteiger partial charge < -0.3 is 19.5 Å². The average molecular weight is 315 g/mol. The number of hydrogen-bond donors (Lipinski definition) is 1. The summed E-state index contributed by atoms with van der Waals surface area (Å²) in [5, 5.41) is 9.76. The molecule has 0 spiro atoms. The lowest BCUT2D eigenvalue weighted by Crippen LogP contribution is -2.27. The van der Waals surface area contributed by atoms with Crippen molar-refractivity contribution >= 4 is 5.91 Å². The van der Waals surface area contributed by atoms with Gasteiger partial charge in [-0.25, -0.2) is 0 Å². The van der Waals surface area contributed by atoms with Gasteiger partial charge in [-0.2, -0.15) is 0 Å². The van der Waals surface area contributed by atoms with Gasteiger partial charge >= 0.3 is 0 Å². The average Bonchev–Trinajstić information content (AvgIpc) is 2.57. The number of benzene rings is 2. The number of phenolic OH excluding ortho intramolecular Hbond substituents is 1. The molecular weight excluding hydrogens is 294 g/mol. The normalized spacial score (nSPS) is 10.3. The molecule has 5 heteroatoms. The van der Waals surface area contributed by atoms with Gasteiger partial charge in [0, 0.05) is 36.3 Å². The molecule has 0 saturated carbocycles. The maximum absolute atomic E-state index is 12.6. The number of nitrogens with zero attached hydrogens (tertiary/aromatic N) is 1. The number of ether oxygens (including phenoxy) is 2. The predicted octanol–water partition coefficient (Wildman–Crippen LogP) is 2.99. The first-order chi connectivity index (χ1) is 11.0. The molecule has 5 nitrogen and oxygen atoms in total. The van der Waals surface area contributed by atoms with Crippen LogP contribution in [0.4, 0.5) is 0 Å². The highest BCUT2D eigenvalue weighted by Gasteiger charge is 2.17. The molecule has 2 aromatic rings. The second-order valence-electron chi connectivity index (χ2n) is 5.29. The zero-order chi connectivity index (χ0) is 17.0. The summed E-state index contributed by atoms with van der Waals surface area (Å²) in [7, 11) is 4.89. The summed E-state index contributed by atoms with van der Waals surface area (Å²) >= 11 is 0. The highest BCUT2D eigenvalue weighted by Crippen LogP contribution is 2.26. The highest BCUT2D eigenvalue weighted by molar-refractivity contribution is 5.96. The van der Waals surface area contributed by atoms with E-state index in [2.05, 4.69) is 0 Å². The third kappa shape index (κ3) is 3.56. The molecule has 2 rings (SSSR count). The van der Waals surface area contributed by atoms with Gasteiger partial charge in [-0.3, -0.25) is 4.79 Å². The zero-order valence-electron chi connectivity index (χ0n) is 13.8. The quantitative estimate of drug-likeness (QED) is 0.921. The van der Waals surface area contributed by atoms with Gasteiger partial charge in [0.2, 0.25) is 0 Å². The van der Waals surface area contributed by atoms with Gasteiger partial charge in [-0.05, 0) is 31.2 Å². The van der Waals surface area contributed by atoms with Crippen molar-refractivity contribution in [1.82, 2.24) is 4.90 Å². The van der Waals surface area contributed by atoms with Crippen molar-refractivity contribution in [3.8, 4) is 17.2 Å². The highest BCUT2D eigenvalue weighted by atomic mass is 16.5. The molecule has 0 bridgehead atoms. The molecule has 0 fully saturated rings. The molecule has 0 radical (unpaired) electrons. The van der Waals surface area contributed by atoms with Crippen LogP contribution in [0.25, 0.3) is 0 Å². The van der Waals surface area contributed by atoms with Gasteiger partial charge in [0.05, 0.1) is 14.2 Å². The number of methoxy groups -OCH3 is 2. The zero-order valence-corrected chi connectivity index (χ0v) is 13.8. The van der Waals surface area contributed by atoms with Crippen LogP contribution in [-0.4, -0.2) is 37.2 Å². The monoisotopic (exact) mass is 315 g/mol. The van der Waals surface area contributed by atoms with Crippen molar-refractivity contribution in [2.45, 2.75) is 13.5 Å². The molecular formula is C18H21NO4. The molecule has 0 atom stereocenters. The third-order valence-corrected chi connectivity index (χ3v) is 3.78. The minimum absolute atomic E-state index is 0.117. The topological polar surface area (TPSA) is 59.0 Å². The van der Waals surface area contributed by atoms with Crippen molar-refractivity contribution in [2.24, 2.45) is 0 Å². The molecule has 0 aromatic heterocycles. The van der Waals surface area contributed by atoms with Gasteiger partial charge in [-0.1, -0.05) is 6.07 Å². The first kappa shape index (κ1) is 16.7. The number of amides is 1. The Labute approximate surface area is 136 Å². The van der Waals surface area contributed by atoms with Crippen molar-refractivity contribution in [3.05, 3.63) is 53.1 Å². The number of rotatable bonds is 5. The molecule has 0 heterocycles. The van der Waals surface area contributed by atoms with Gasteiger partial charge in [-0.15, -0.1) is 0 Å². The maximum atomic E-state index is 12.6. The van der Waals surface area contributed by atoms with Gasteiger partial charge in [0.15, 0.2) is 0 Å². The fraction of sp³-hybridized carbons (Fsp3) is 0.278. The van der Waals surface area contributed by atoms with E-state index in [1.54, 1.807) is 57.4 Å². The maximum Gasteiger partial charge on any atom is 0.254 e. The largest absolute Gasteiger partial charge is 0.508 e. The summed E-state index contributed by atoms with van der Waals surface area (Å²) in [4.78, 5) is 14.2. The smallest absolute Gasteiger partial charge is 0.254 e. The summed E-state index contributed by atoms with van der Waals surface area (Å²) in [6, 6.07) is 10.4. The van der Waals surface area contributed by atoms with Crippen molar-refractivity contribution in [1.29, 1.82) is 0 Å². The van der Waals surface area contributed by atoms with Crippen molar-refractivity contribution < 1.29 is 19.4 Å². The lowest BCUT2D eigenvalue weighted by atomic mass is 10.1. The number of carbonyl (C=O) groups excluding carboxylic acids is 1. The van der Waals surface area contributed by atoms with Crippen LogP contribution in [0.1, 0.15) is 21.5 Å². The lowest BCUT2D eigenvalue weighted by Gasteiger charge is -2.20. The van der Waals surface area contributed by atoms with Crippen LogP contribution < -0.4 is 9.47 Å². The Morgan fingerprint density at radius 2 is 1.91 bits per heavy atom. The van der Waals surface area contributed by atoms with E-state index in [0.717, 1.165) is 5.56 Å². The van der Waals surface area contributed by atoms with Crippen LogP contribution in [0.15, 0.2) is 36.4 Å². The molecule has 2 aromatic carbocycles. The number of phenols is 1. The molecule has 0 aliphatic carbocycles. The van der Waals surface area contributed by atoms with E-state index in [4.69, 9.17) is 9.47 Å².